The van der Waals surface area contributed by atoms with Gasteiger partial charge < -0.3 is 4.74 Å². The van der Waals surface area contributed by atoms with Crippen LogP contribution >= 0.6 is 0 Å². The number of likely N-dealkylation sites (tertiary alicyclic amines) is 1. The average molecular weight is 179 g/mol. The highest BCUT2D eigenvalue weighted by Crippen LogP contribution is 2.26. The van der Waals surface area contributed by atoms with Crippen LogP contribution in [0.1, 0.15) is 6.42 Å². The second-order valence-electron chi connectivity index (χ2n) is 2.89. The molecule has 0 aromatic heterocycles. The fourth-order valence-corrected chi connectivity index (χ4v) is 1.12. The van der Waals surface area contributed by atoms with Crippen LogP contribution < -0.4 is 0 Å². The number of esters is 1. The first kappa shape index (κ1) is 9.38. The molecule has 1 aliphatic rings. The molecule has 5 heteroatoms. The second-order valence-corrected chi connectivity index (χ2v) is 2.89. The Bertz CT molecular complexity index is 176. The summed E-state index contributed by atoms with van der Waals surface area (Å²) < 4.78 is 28.8. The van der Waals surface area contributed by atoms with E-state index in [9.17, 15) is 13.6 Å². The van der Waals surface area contributed by atoms with Gasteiger partial charge in [0, 0.05) is 6.54 Å². The van der Waals surface area contributed by atoms with Crippen LogP contribution in [0.3, 0.4) is 0 Å². The predicted octanol–water partition coefficient (Wildman–Crippen LogP) is 0.500. The summed E-state index contributed by atoms with van der Waals surface area (Å²) in [6.07, 6.45) is 0.187. The fourth-order valence-electron chi connectivity index (χ4n) is 1.12. The standard InChI is InChI=1S/C7H11F2NO2/c1-12-6(11)2-3-10-4-7(8,9)5-10/h2-5H2,1H3. The quantitative estimate of drug-likeness (QED) is 0.591. The molecular weight excluding hydrogens is 168 g/mol. The third-order valence-electron chi connectivity index (χ3n) is 1.77. The summed E-state index contributed by atoms with van der Waals surface area (Å²) in [5.74, 6) is -2.90. The number of hydrogen-bond donors (Lipinski definition) is 0. The van der Waals surface area contributed by atoms with Crippen LogP contribution in [0.5, 0.6) is 0 Å². The van der Waals surface area contributed by atoms with Gasteiger partial charge in [-0.15, -0.1) is 0 Å². The number of hydrogen-bond acceptors (Lipinski definition) is 3. The van der Waals surface area contributed by atoms with Crippen LogP contribution in [0.15, 0.2) is 0 Å². The molecule has 0 saturated carbocycles. The van der Waals surface area contributed by atoms with Crippen molar-refractivity contribution in [3.8, 4) is 0 Å². The Kier molecular flexibility index (Phi) is 2.62. The van der Waals surface area contributed by atoms with E-state index in [0.29, 0.717) is 6.54 Å². The predicted molar refractivity (Wildman–Crippen MR) is 38.0 cm³/mol. The highest BCUT2D eigenvalue weighted by Gasteiger charge is 2.43. The summed E-state index contributed by atoms with van der Waals surface area (Å²) in [5.41, 5.74) is 0. The molecular formula is C7H11F2NO2. The van der Waals surface area contributed by atoms with Gasteiger partial charge in [-0.25, -0.2) is 8.78 Å². The zero-order chi connectivity index (χ0) is 9.19. The van der Waals surface area contributed by atoms with Crippen LogP contribution in [-0.2, 0) is 9.53 Å². The van der Waals surface area contributed by atoms with Gasteiger partial charge in [0.1, 0.15) is 0 Å². The van der Waals surface area contributed by atoms with Crippen LogP contribution in [0.4, 0.5) is 8.78 Å². The molecule has 1 rings (SSSR count). The number of carbonyl (C=O) groups excluding carboxylic acids is 1. The molecule has 0 aromatic carbocycles. The molecule has 0 radical (unpaired) electrons. The monoisotopic (exact) mass is 179 g/mol. The van der Waals surface area contributed by atoms with E-state index in [1.165, 1.54) is 12.0 Å². The highest BCUT2D eigenvalue weighted by molar-refractivity contribution is 5.69. The number of rotatable bonds is 3. The minimum Gasteiger partial charge on any atom is -0.469 e. The van der Waals surface area contributed by atoms with E-state index >= 15 is 0 Å². The summed E-state index contributed by atoms with van der Waals surface area (Å²) in [4.78, 5) is 12.1. The van der Waals surface area contributed by atoms with Crippen molar-refractivity contribution < 1.29 is 18.3 Å². The van der Waals surface area contributed by atoms with Crippen molar-refractivity contribution in [2.24, 2.45) is 0 Å². The maximum Gasteiger partial charge on any atom is 0.306 e. The van der Waals surface area contributed by atoms with Crippen molar-refractivity contribution in [2.45, 2.75) is 12.3 Å². The van der Waals surface area contributed by atoms with Crippen molar-refractivity contribution in [3.63, 3.8) is 0 Å². The van der Waals surface area contributed by atoms with E-state index in [1.54, 1.807) is 0 Å². The molecule has 0 atom stereocenters. The minimum absolute atomic E-state index is 0.187. The first-order valence-corrected chi connectivity index (χ1v) is 3.70. The Morgan fingerprint density at radius 3 is 2.58 bits per heavy atom. The van der Waals surface area contributed by atoms with Gasteiger partial charge >= 0.3 is 5.97 Å². The molecule has 0 aromatic rings. The molecule has 70 valence electrons. The number of methoxy groups -OCH3 is 1. The van der Waals surface area contributed by atoms with E-state index in [-0.39, 0.29) is 25.5 Å². The lowest BCUT2D eigenvalue weighted by Gasteiger charge is -2.38. The third-order valence-corrected chi connectivity index (χ3v) is 1.77. The lowest BCUT2D eigenvalue weighted by atomic mass is 10.1. The van der Waals surface area contributed by atoms with Gasteiger partial charge in [-0.1, -0.05) is 0 Å². The smallest absolute Gasteiger partial charge is 0.306 e. The number of halogens is 2. The zero-order valence-corrected chi connectivity index (χ0v) is 6.85. The normalized spacial score (nSPS) is 21.6. The van der Waals surface area contributed by atoms with Gasteiger partial charge in [-0.3, -0.25) is 9.69 Å². The minimum atomic E-state index is -2.55. The van der Waals surface area contributed by atoms with Gasteiger partial charge in [-0.2, -0.15) is 0 Å². The fraction of sp³-hybridized carbons (Fsp3) is 0.857. The number of ether oxygens (including phenoxy) is 1. The Morgan fingerprint density at radius 1 is 1.58 bits per heavy atom. The molecule has 0 bridgehead atoms. The maximum atomic E-state index is 12.2. The lowest BCUT2D eigenvalue weighted by molar-refractivity contribution is -0.148. The number of nitrogens with zero attached hydrogens (tertiary/aromatic N) is 1. The molecule has 0 spiro atoms. The molecule has 1 heterocycles. The van der Waals surface area contributed by atoms with Crippen molar-refractivity contribution >= 4 is 5.97 Å². The third kappa shape index (κ3) is 2.41. The van der Waals surface area contributed by atoms with Gasteiger partial charge in [0.2, 0.25) is 0 Å². The Morgan fingerprint density at radius 2 is 2.17 bits per heavy atom. The molecule has 12 heavy (non-hydrogen) atoms. The topological polar surface area (TPSA) is 29.5 Å². The van der Waals surface area contributed by atoms with Crippen LogP contribution in [-0.4, -0.2) is 43.5 Å². The van der Waals surface area contributed by atoms with Gasteiger partial charge in [0.15, 0.2) is 0 Å². The summed E-state index contributed by atoms with van der Waals surface area (Å²) in [7, 11) is 1.28. The van der Waals surface area contributed by atoms with E-state index in [0.717, 1.165) is 0 Å². The van der Waals surface area contributed by atoms with Gasteiger partial charge in [-0.05, 0) is 0 Å². The molecule has 0 N–H and O–H groups in total. The van der Waals surface area contributed by atoms with Gasteiger partial charge in [0.25, 0.3) is 5.92 Å². The highest BCUT2D eigenvalue weighted by atomic mass is 19.3. The molecule has 3 nitrogen and oxygen atoms in total. The molecule has 1 saturated heterocycles. The summed E-state index contributed by atoms with van der Waals surface area (Å²) >= 11 is 0. The zero-order valence-electron chi connectivity index (χ0n) is 6.85. The lowest BCUT2D eigenvalue weighted by Crippen LogP contribution is -2.56. The van der Waals surface area contributed by atoms with E-state index < -0.39 is 5.92 Å². The Hall–Kier alpha value is -0.710. The summed E-state index contributed by atoms with van der Waals surface area (Å²) in [6, 6.07) is 0. The first-order chi connectivity index (χ1) is 5.53. The average Bonchev–Trinajstić information content (AvgIpc) is 1.96. The van der Waals surface area contributed by atoms with Crippen molar-refractivity contribution in [3.05, 3.63) is 0 Å². The van der Waals surface area contributed by atoms with Gasteiger partial charge in [0.05, 0.1) is 26.6 Å². The maximum absolute atomic E-state index is 12.2. The molecule has 0 aliphatic carbocycles. The Balaban J connectivity index is 2.08. The van der Waals surface area contributed by atoms with E-state index in [4.69, 9.17) is 0 Å². The molecule has 1 fully saturated rings. The van der Waals surface area contributed by atoms with E-state index in [1.807, 2.05) is 0 Å². The number of carbonyl (C=O) groups is 1. The molecule has 1 aliphatic heterocycles. The van der Waals surface area contributed by atoms with Crippen LogP contribution in [0, 0.1) is 0 Å². The van der Waals surface area contributed by atoms with E-state index in [2.05, 4.69) is 4.74 Å². The molecule has 0 amide bonds. The molecule has 0 unspecified atom stereocenters. The Labute approximate surface area is 69.3 Å². The number of alkyl halides is 2. The summed E-state index contributed by atoms with van der Waals surface area (Å²) in [5, 5.41) is 0. The summed E-state index contributed by atoms with van der Waals surface area (Å²) in [6.45, 7) is -0.101. The van der Waals surface area contributed by atoms with Crippen molar-refractivity contribution in [1.29, 1.82) is 0 Å². The van der Waals surface area contributed by atoms with Crippen molar-refractivity contribution in [2.75, 3.05) is 26.7 Å². The van der Waals surface area contributed by atoms with Crippen LogP contribution in [0.25, 0.3) is 0 Å². The SMILES string of the molecule is COC(=O)CCN1CC(F)(F)C1. The second kappa shape index (κ2) is 3.35. The van der Waals surface area contributed by atoms with Crippen molar-refractivity contribution in [1.82, 2.24) is 4.90 Å². The largest absolute Gasteiger partial charge is 0.469 e. The first-order valence-electron chi connectivity index (χ1n) is 3.70. The van der Waals surface area contributed by atoms with Crippen LogP contribution in [0.2, 0.25) is 0 Å².